The lowest BCUT2D eigenvalue weighted by atomic mass is 10.3. The molecule has 0 aliphatic carbocycles. The van der Waals surface area contributed by atoms with E-state index in [0.29, 0.717) is 0 Å². The van der Waals surface area contributed by atoms with Gasteiger partial charge in [0.2, 0.25) is 5.43 Å². The molecule has 0 fully saturated rings. The van der Waals surface area contributed by atoms with E-state index in [-0.39, 0.29) is 18.1 Å². The van der Waals surface area contributed by atoms with E-state index in [1.165, 1.54) is 12.1 Å². The third-order valence-corrected chi connectivity index (χ3v) is 2.30. The molecule has 0 aliphatic heterocycles. The van der Waals surface area contributed by atoms with Crippen LogP contribution >= 0.6 is 0 Å². The van der Waals surface area contributed by atoms with Gasteiger partial charge < -0.3 is 9.47 Å². The van der Waals surface area contributed by atoms with Crippen molar-refractivity contribution in [2.45, 2.75) is 13.0 Å². The first-order valence-electron chi connectivity index (χ1n) is 5.63. The van der Waals surface area contributed by atoms with E-state index in [0.717, 1.165) is 18.2 Å². The summed E-state index contributed by atoms with van der Waals surface area (Å²) in [5.41, 5.74) is -1.29. The van der Waals surface area contributed by atoms with Gasteiger partial charge in [-0.25, -0.2) is 0 Å². The van der Waals surface area contributed by atoms with Gasteiger partial charge in [-0.2, -0.15) is 0 Å². The van der Waals surface area contributed by atoms with Gasteiger partial charge >= 0.3 is 11.9 Å². The molecule has 0 amide bonds. The number of hydrogen-bond donors (Lipinski definition) is 2. The number of H-pyrrole nitrogens is 2. The second-order valence-electron chi connectivity index (χ2n) is 3.92. The van der Waals surface area contributed by atoms with Crippen molar-refractivity contribution in [3.8, 4) is 11.5 Å². The fraction of sp³-hybridized carbons (Fsp3) is 0.167. The Kier molecular flexibility index (Phi) is 4.01. The smallest absolute Gasteiger partial charge is 0.487 e. The van der Waals surface area contributed by atoms with Gasteiger partial charge in [-0.1, -0.05) is 6.07 Å². The summed E-state index contributed by atoms with van der Waals surface area (Å²) in [6.45, 7) is -0.137. The minimum absolute atomic E-state index is 0.115. The zero-order valence-corrected chi connectivity index (χ0v) is 10.4. The van der Waals surface area contributed by atoms with Gasteiger partial charge in [0.15, 0.2) is 0 Å². The van der Waals surface area contributed by atoms with Crippen molar-refractivity contribution in [2.75, 3.05) is 0 Å². The molecule has 0 saturated heterocycles. The minimum atomic E-state index is -4.79. The van der Waals surface area contributed by atoms with Crippen molar-refractivity contribution in [3.63, 3.8) is 0 Å². The molecule has 2 aromatic rings. The lowest BCUT2D eigenvalue weighted by Crippen LogP contribution is -2.28. The minimum Gasteiger partial charge on any atom is -0.487 e. The van der Waals surface area contributed by atoms with E-state index >= 15 is 0 Å². The SMILES string of the molecule is O=c1cc(COc2cccc(OC(F)(F)F)c2)[nH][nH]c1=O. The molecule has 0 atom stereocenters. The largest absolute Gasteiger partial charge is 0.573 e. The van der Waals surface area contributed by atoms with Crippen LogP contribution in [-0.4, -0.2) is 16.6 Å². The standard InChI is InChI=1S/C12H9F3N2O4/c13-12(14,15)21-9-3-1-2-8(5-9)20-6-7-4-10(18)11(19)17-16-7/h1-5H,6H2,(H,16,18)(H,17,19). The van der Waals surface area contributed by atoms with Crippen LogP contribution in [0.2, 0.25) is 0 Å². The first-order chi connectivity index (χ1) is 9.83. The Bertz CT molecular complexity index is 736. The number of nitrogens with one attached hydrogen (secondary N) is 2. The van der Waals surface area contributed by atoms with E-state index in [1.807, 2.05) is 0 Å². The highest BCUT2D eigenvalue weighted by Crippen LogP contribution is 2.26. The van der Waals surface area contributed by atoms with E-state index in [1.54, 1.807) is 0 Å². The maximum atomic E-state index is 12.1. The first-order valence-corrected chi connectivity index (χ1v) is 5.63. The normalized spacial score (nSPS) is 11.2. The Morgan fingerprint density at radius 2 is 1.76 bits per heavy atom. The van der Waals surface area contributed by atoms with Gasteiger partial charge in [-0.15, -0.1) is 13.2 Å². The Morgan fingerprint density at radius 1 is 1.05 bits per heavy atom. The molecule has 1 aromatic heterocycles. The van der Waals surface area contributed by atoms with Gasteiger partial charge in [-0.05, 0) is 12.1 Å². The van der Waals surface area contributed by atoms with Crippen LogP contribution in [0.1, 0.15) is 5.69 Å². The van der Waals surface area contributed by atoms with Crippen LogP contribution in [0.15, 0.2) is 39.9 Å². The van der Waals surface area contributed by atoms with E-state index in [2.05, 4.69) is 14.9 Å². The van der Waals surface area contributed by atoms with Crippen molar-refractivity contribution in [2.24, 2.45) is 0 Å². The first kappa shape index (κ1) is 14.7. The maximum absolute atomic E-state index is 12.1. The van der Waals surface area contributed by atoms with Crippen LogP contribution in [0.5, 0.6) is 11.5 Å². The summed E-state index contributed by atoms with van der Waals surface area (Å²) in [5, 5.41) is 4.53. The summed E-state index contributed by atoms with van der Waals surface area (Å²) in [4.78, 5) is 22.0. The summed E-state index contributed by atoms with van der Waals surface area (Å²) in [5.74, 6) is -0.307. The Labute approximate surface area is 115 Å². The van der Waals surface area contributed by atoms with Gasteiger partial charge in [0.05, 0.1) is 5.69 Å². The van der Waals surface area contributed by atoms with Crippen LogP contribution in [-0.2, 0) is 6.61 Å². The number of rotatable bonds is 4. The number of benzene rings is 1. The summed E-state index contributed by atoms with van der Waals surface area (Å²) in [6.07, 6.45) is -4.79. The molecular formula is C12H9F3N2O4. The monoisotopic (exact) mass is 302 g/mol. The van der Waals surface area contributed by atoms with Crippen molar-refractivity contribution in [1.82, 2.24) is 10.2 Å². The van der Waals surface area contributed by atoms with Crippen LogP contribution < -0.4 is 20.5 Å². The van der Waals surface area contributed by atoms with Gasteiger partial charge in [0, 0.05) is 12.1 Å². The Balaban J connectivity index is 2.06. The third kappa shape index (κ3) is 4.41. The number of halogens is 3. The number of ether oxygens (including phenoxy) is 2. The molecule has 0 spiro atoms. The van der Waals surface area contributed by atoms with Crippen LogP contribution in [0.4, 0.5) is 13.2 Å². The molecule has 1 heterocycles. The lowest BCUT2D eigenvalue weighted by molar-refractivity contribution is -0.274. The molecule has 9 heteroatoms. The van der Waals surface area contributed by atoms with Gasteiger partial charge in [-0.3, -0.25) is 19.8 Å². The molecule has 6 nitrogen and oxygen atoms in total. The van der Waals surface area contributed by atoms with Crippen LogP contribution in [0.25, 0.3) is 0 Å². The average molecular weight is 302 g/mol. The van der Waals surface area contributed by atoms with E-state index in [9.17, 15) is 22.8 Å². The molecule has 0 aliphatic rings. The van der Waals surface area contributed by atoms with Crippen LogP contribution in [0, 0.1) is 0 Å². The molecule has 0 bridgehead atoms. The van der Waals surface area contributed by atoms with Gasteiger partial charge in [0.25, 0.3) is 0 Å². The highest BCUT2D eigenvalue weighted by molar-refractivity contribution is 5.33. The third-order valence-electron chi connectivity index (χ3n) is 2.30. The summed E-state index contributed by atoms with van der Waals surface area (Å²) < 4.78 is 45.2. The van der Waals surface area contributed by atoms with E-state index < -0.39 is 23.1 Å². The van der Waals surface area contributed by atoms with Gasteiger partial charge in [0.1, 0.15) is 18.1 Å². The molecule has 0 radical (unpaired) electrons. The quantitative estimate of drug-likeness (QED) is 0.839. The fourth-order valence-corrected chi connectivity index (χ4v) is 1.46. The molecule has 0 saturated carbocycles. The fourth-order valence-electron chi connectivity index (χ4n) is 1.46. The van der Waals surface area contributed by atoms with Crippen LogP contribution in [0.3, 0.4) is 0 Å². The van der Waals surface area contributed by atoms with Crippen molar-refractivity contribution >= 4 is 0 Å². The highest BCUT2D eigenvalue weighted by Gasteiger charge is 2.31. The molecule has 21 heavy (non-hydrogen) atoms. The lowest BCUT2D eigenvalue weighted by Gasteiger charge is -2.10. The summed E-state index contributed by atoms with van der Waals surface area (Å²) in [6, 6.07) is 5.97. The number of hydrogen-bond acceptors (Lipinski definition) is 4. The summed E-state index contributed by atoms with van der Waals surface area (Å²) >= 11 is 0. The number of aromatic amines is 2. The zero-order valence-electron chi connectivity index (χ0n) is 10.4. The van der Waals surface area contributed by atoms with Crippen molar-refractivity contribution < 1.29 is 22.6 Å². The predicted molar refractivity (Wildman–Crippen MR) is 65.1 cm³/mol. The molecule has 1 aromatic carbocycles. The number of aromatic nitrogens is 2. The molecular weight excluding hydrogens is 293 g/mol. The van der Waals surface area contributed by atoms with Crippen molar-refractivity contribution in [3.05, 3.63) is 56.6 Å². The molecule has 2 N–H and O–H groups in total. The summed E-state index contributed by atoms with van der Waals surface area (Å²) in [7, 11) is 0. The Morgan fingerprint density at radius 3 is 2.43 bits per heavy atom. The molecule has 112 valence electrons. The zero-order chi connectivity index (χ0) is 15.5. The van der Waals surface area contributed by atoms with Crippen molar-refractivity contribution in [1.29, 1.82) is 0 Å². The second-order valence-corrected chi connectivity index (χ2v) is 3.92. The number of alkyl halides is 3. The van der Waals surface area contributed by atoms with E-state index in [4.69, 9.17) is 4.74 Å². The average Bonchev–Trinajstić information content (AvgIpc) is 2.39. The highest BCUT2D eigenvalue weighted by atomic mass is 19.4. The Hall–Kier alpha value is -2.71. The topological polar surface area (TPSA) is 84.2 Å². The molecule has 2 rings (SSSR count). The predicted octanol–water partition coefficient (Wildman–Crippen LogP) is 1.54. The molecule has 0 unspecified atom stereocenters. The maximum Gasteiger partial charge on any atom is 0.573 e. The second kappa shape index (κ2) is 5.73.